The quantitative estimate of drug-likeness (QED) is 0.750. The van der Waals surface area contributed by atoms with E-state index < -0.39 is 0 Å². The lowest BCUT2D eigenvalue weighted by Crippen LogP contribution is -2.40. The van der Waals surface area contributed by atoms with E-state index in [0.29, 0.717) is 17.8 Å². The van der Waals surface area contributed by atoms with E-state index in [0.717, 1.165) is 6.54 Å². The first-order chi connectivity index (χ1) is 9.75. The Balaban J connectivity index is 2.64. The topological polar surface area (TPSA) is 75.4 Å². The smallest absolute Gasteiger partial charge is 0.238 e. The number of nitrogens with two attached hydrogens (primary N) is 1. The van der Waals surface area contributed by atoms with E-state index in [1.807, 2.05) is 11.9 Å². The highest BCUT2D eigenvalue weighted by Gasteiger charge is 2.19. The van der Waals surface area contributed by atoms with E-state index in [4.69, 9.17) is 5.73 Å². The largest absolute Gasteiger partial charge is 0.330 e. The average molecular weight is 291 g/mol. The second kappa shape index (κ2) is 7.33. The van der Waals surface area contributed by atoms with Crippen molar-refractivity contribution in [2.75, 3.05) is 32.0 Å². The Hall–Kier alpha value is -1.72. The number of rotatable bonds is 7. The fourth-order valence-corrected chi connectivity index (χ4v) is 2.19. The molecule has 0 radical (unpaired) electrons. The van der Waals surface area contributed by atoms with Crippen molar-refractivity contribution in [2.24, 2.45) is 11.1 Å². The van der Waals surface area contributed by atoms with Crippen LogP contribution >= 0.6 is 0 Å². The van der Waals surface area contributed by atoms with Crippen molar-refractivity contribution in [1.82, 2.24) is 4.90 Å². The number of ketones is 1. The molecule has 1 aromatic rings. The second-order valence-electron chi connectivity index (χ2n) is 6.19. The van der Waals surface area contributed by atoms with E-state index in [9.17, 15) is 9.59 Å². The molecule has 0 heterocycles. The van der Waals surface area contributed by atoms with Crippen LogP contribution in [0.2, 0.25) is 0 Å². The van der Waals surface area contributed by atoms with Crippen molar-refractivity contribution in [3.63, 3.8) is 0 Å². The fraction of sp³-hybridized carbons (Fsp3) is 0.500. The summed E-state index contributed by atoms with van der Waals surface area (Å²) in [5, 5.41) is 2.79. The Morgan fingerprint density at radius 2 is 1.90 bits per heavy atom. The van der Waals surface area contributed by atoms with E-state index in [1.165, 1.54) is 6.92 Å². The van der Waals surface area contributed by atoms with Crippen LogP contribution in [0.1, 0.15) is 31.1 Å². The maximum absolute atomic E-state index is 12.1. The van der Waals surface area contributed by atoms with Gasteiger partial charge in [-0.15, -0.1) is 0 Å². The van der Waals surface area contributed by atoms with Gasteiger partial charge in [0.15, 0.2) is 5.78 Å². The first-order valence-electron chi connectivity index (χ1n) is 7.03. The zero-order chi connectivity index (χ0) is 16.0. The Bertz CT molecular complexity index is 512. The van der Waals surface area contributed by atoms with Gasteiger partial charge in [0, 0.05) is 12.1 Å². The van der Waals surface area contributed by atoms with Crippen LogP contribution in [0.3, 0.4) is 0 Å². The minimum Gasteiger partial charge on any atom is -0.330 e. The van der Waals surface area contributed by atoms with E-state index in [1.54, 1.807) is 24.3 Å². The van der Waals surface area contributed by atoms with Gasteiger partial charge in [-0.3, -0.25) is 14.5 Å². The zero-order valence-corrected chi connectivity index (χ0v) is 13.3. The van der Waals surface area contributed by atoms with Gasteiger partial charge in [-0.2, -0.15) is 0 Å². The number of hydrogen-bond acceptors (Lipinski definition) is 4. The summed E-state index contributed by atoms with van der Waals surface area (Å²) in [5.74, 6) is -0.206. The molecule has 1 aromatic carbocycles. The lowest BCUT2D eigenvalue weighted by atomic mass is 9.93. The molecule has 0 aliphatic heterocycles. The molecule has 0 unspecified atom stereocenters. The lowest BCUT2D eigenvalue weighted by molar-refractivity contribution is -0.117. The number of amides is 1. The third-order valence-corrected chi connectivity index (χ3v) is 3.24. The van der Waals surface area contributed by atoms with Gasteiger partial charge >= 0.3 is 0 Å². The first kappa shape index (κ1) is 17.3. The third-order valence-electron chi connectivity index (χ3n) is 3.24. The Labute approximate surface area is 126 Å². The molecule has 5 nitrogen and oxygen atoms in total. The van der Waals surface area contributed by atoms with Crippen LogP contribution < -0.4 is 11.1 Å². The summed E-state index contributed by atoms with van der Waals surface area (Å²) in [6.07, 6.45) is 0. The minimum absolute atomic E-state index is 0.0354. The summed E-state index contributed by atoms with van der Waals surface area (Å²) >= 11 is 0. The summed E-state index contributed by atoms with van der Waals surface area (Å²) in [7, 11) is 1.88. The van der Waals surface area contributed by atoms with E-state index >= 15 is 0 Å². The number of nitrogens with zero attached hydrogens (tertiary/aromatic N) is 1. The van der Waals surface area contributed by atoms with E-state index in [-0.39, 0.29) is 23.7 Å². The summed E-state index contributed by atoms with van der Waals surface area (Å²) in [5.41, 5.74) is 6.74. The number of carbonyl (C=O) groups is 2. The molecule has 0 saturated heterocycles. The van der Waals surface area contributed by atoms with Crippen LogP contribution in [0, 0.1) is 5.41 Å². The van der Waals surface area contributed by atoms with Crippen LogP contribution in [0.5, 0.6) is 0 Å². The molecule has 0 bridgehead atoms. The van der Waals surface area contributed by atoms with Gasteiger partial charge in [-0.05, 0) is 38.1 Å². The SMILES string of the molecule is CC(=O)c1ccccc1NC(=O)CN(C)CC(C)(C)CN. The molecule has 116 valence electrons. The van der Waals surface area contributed by atoms with Gasteiger partial charge in [0.25, 0.3) is 0 Å². The molecule has 21 heavy (non-hydrogen) atoms. The normalized spacial score (nSPS) is 11.5. The van der Waals surface area contributed by atoms with Gasteiger partial charge in [0.1, 0.15) is 0 Å². The molecule has 5 heteroatoms. The zero-order valence-electron chi connectivity index (χ0n) is 13.3. The van der Waals surface area contributed by atoms with Gasteiger partial charge in [0.05, 0.1) is 12.2 Å². The predicted molar refractivity (Wildman–Crippen MR) is 85.4 cm³/mol. The molecule has 0 fully saturated rings. The molecule has 0 aliphatic carbocycles. The third kappa shape index (κ3) is 5.65. The Morgan fingerprint density at radius 1 is 1.29 bits per heavy atom. The first-order valence-corrected chi connectivity index (χ1v) is 7.03. The van der Waals surface area contributed by atoms with Crippen molar-refractivity contribution in [3.8, 4) is 0 Å². The number of Topliss-reactive ketones (excluding diaryl/α,β-unsaturated/α-hetero) is 1. The summed E-state index contributed by atoms with van der Waals surface area (Å²) < 4.78 is 0. The van der Waals surface area contributed by atoms with Crippen LogP contribution in [-0.4, -0.2) is 43.3 Å². The fourth-order valence-electron chi connectivity index (χ4n) is 2.19. The van der Waals surface area contributed by atoms with Gasteiger partial charge in [-0.25, -0.2) is 0 Å². The van der Waals surface area contributed by atoms with Crippen molar-refractivity contribution in [1.29, 1.82) is 0 Å². The molecule has 1 rings (SSSR count). The van der Waals surface area contributed by atoms with Crippen molar-refractivity contribution in [2.45, 2.75) is 20.8 Å². The standard InChI is InChI=1S/C16H25N3O2/c1-12(20)13-7-5-6-8-14(13)18-15(21)9-19(4)11-16(2,3)10-17/h5-8H,9-11,17H2,1-4H3,(H,18,21). The molecule has 3 N–H and O–H groups in total. The van der Waals surface area contributed by atoms with Crippen molar-refractivity contribution >= 4 is 17.4 Å². The highest BCUT2D eigenvalue weighted by atomic mass is 16.2. The Morgan fingerprint density at radius 3 is 2.48 bits per heavy atom. The van der Waals surface area contributed by atoms with Gasteiger partial charge < -0.3 is 11.1 Å². The van der Waals surface area contributed by atoms with E-state index in [2.05, 4.69) is 19.2 Å². The summed E-state index contributed by atoms with van der Waals surface area (Å²) in [4.78, 5) is 25.5. The Kier molecular flexibility index (Phi) is 6.05. The minimum atomic E-state index is -0.140. The van der Waals surface area contributed by atoms with Crippen LogP contribution in [0.25, 0.3) is 0 Å². The maximum atomic E-state index is 12.1. The second-order valence-corrected chi connectivity index (χ2v) is 6.19. The number of likely N-dealkylation sites (N-methyl/N-ethyl adjacent to an activating group) is 1. The molecule has 0 atom stereocenters. The highest BCUT2D eigenvalue weighted by molar-refractivity contribution is 6.04. The number of benzene rings is 1. The average Bonchev–Trinajstić information content (AvgIpc) is 2.38. The molecular formula is C16H25N3O2. The van der Waals surface area contributed by atoms with Crippen LogP contribution in [0.4, 0.5) is 5.69 Å². The number of hydrogen-bond donors (Lipinski definition) is 2. The molecule has 1 amide bonds. The number of para-hydroxylation sites is 1. The number of anilines is 1. The predicted octanol–water partition coefficient (Wildman–Crippen LogP) is 1.74. The number of carbonyl (C=O) groups excluding carboxylic acids is 2. The summed E-state index contributed by atoms with van der Waals surface area (Å²) in [6.45, 7) is 7.16. The van der Waals surface area contributed by atoms with Crippen LogP contribution in [-0.2, 0) is 4.79 Å². The van der Waals surface area contributed by atoms with Crippen molar-refractivity contribution < 1.29 is 9.59 Å². The lowest BCUT2D eigenvalue weighted by Gasteiger charge is -2.28. The molecule has 0 saturated carbocycles. The van der Waals surface area contributed by atoms with Gasteiger partial charge in [0.2, 0.25) is 5.91 Å². The summed E-state index contributed by atoms with van der Waals surface area (Å²) in [6, 6.07) is 7.02. The molecule has 0 aliphatic rings. The van der Waals surface area contributed by atoms with Gasteiger partial charge in [-0.1, -0.05) is 26.0 Å². The number of nitrogens with one attached hydrogen (secondary N) is 1. The molecule has 0 aromatic heterocycles. The van der Waals surface area contributed by atoms with Crippen LogP contribution in [0.15, 0.2) is 24.3 Å². The molecular weight excluding hydrogens is 266 g/mol. The van der Waals surface area contributed by atoms with Crippen molar-refractivity contribution in [3.05, 3.63) is 29.8 Å². The monoisotopic (exact) mass is 291 g/mol. The highest BCUT2D eigenvalue weighted by Crippen LogP contribution is 2.16. The maximum Gasteiger partial charge on any atom is 0.238 e. The molecule has 0 spiro atoms.